The first kappa shape index (κ1) is 25.5. The molecule has 8 nitrogen and oxygen atoms in total. The van der Waals surface area contributed by atoms with E-state index >= 15 is 0 Å². The summed E-state index contributed by atoms with van der Waals surface area (Å²) in [7, 11) is 0. The maximum absolute atomic E-state index is 12.2. The maximum atomic E-state index is 12.2. The molecule has 0 spiro atoms. The van der Waals surface area contributed by atoms with Gasteiger partial charge in [0.2, 0.25) is 0 Å². The summed E-state index contributed by atoms with van der Waals surface area (Å²) in [5.74, 6) is -3.64. The number of hydrogen-bond acceptors (Lipinski definition) is 6. The number of halogens is 4. The molecule has 2 rings (SSSR count). The van der Waals surface area contributed by atoms with Gasteiger partial charge < -0.3 is 19.7 Å². The van der Waals surface area contributed by atoms with Crippen molar-refractivity contribution in [2.24, 2.45) is 0 Å². The van der Waals surface area contributed by atoms with Crippen LogP contribution in [0.3, 0.4) is 0 Å². The van der Waals surface area contributed by atoms with Crippen LogP contribution < -0.4 is 0 Å². The van der Waals surface area contributed by atoms with Crippen LogP contribution in [0.1, 0.15) is 47.9 Å². The molecule has 0 saturated carbocycles. The lowest BCUT2D eigenvalue weighted by atomic mass is 10.1. The Morgan fingerprint density at radius 2 is 0.903 bits per heavy atom. The van der Waals surface area contributed by atoms with Crippen LogP contribution in [0.4, 0.5) is 0 Å². The minimum absolute atomic E-state index is 0.00970. The summed E-state index contributed by atoms with van der Waals surface area (Å²) < 4.78 is 11.3. The molecule has 0 aliphatic carbocycles. The Bertz CT molecular complexity index is 984. The Kier molecular flexibility index (Phi) is 9.22. The van der Waals surface area contributed by atoms with Crippen LogP contribution in [0.15, 0.2) is 42.2 Å². The van der Waals surface area contributed by atoms with Crippen molar-refractivity contribution in [3.63, 3.8) is 0 Å². The van der Waals surface area contributed by atoms with E-state index in [-0.39, 0.29) is 59.8 Å². The number of esters is 2. The first-order valence-electron chi connectivity index (χ1n) is 8.31. The van der Waals surface area contributed by atoms with E-state index in [2.05, 4.69) is 63.7 Å². The molecule has 0 amide bonds. The fourth-order valence-corrected chi connectivity index (χ4v) is 4.31. The van der Waals surface area contributed by atoms with E-state index in [1.54, 1.807) is 0 Å². The monoisotopic (exact) mass is 684 g/mol. The van der Waals surface area contributed by atoms with Gasteiger partial charge in [-0.05, 0) is 88.0 Å². The number of carbonyl (C=O) groups is 4. The van der Waals surface area contributed by atoms with Crippen molar-refractivity contribution in [3.8, 4) is 0 Å². The lowest BCUT2D eigenvalue weighted by molar-refractivity contribution is 0.0392. The molecule has 164 valence electrons. The smallest absolute Gasteiger partial charge is 0.339 e. The van der Waals surface area contributed by atoms with Gasteiger partial charge >= 0.3 is 23.9 Å². The molecule has 0 atom stereocenters. The van der Waals surface area contributed by atoms with E-state index in [1.165, 1.54) is 24.3 Å². The normalized spacial score (nSPS) is 10.5. The number of hydrogen-bond donors (Lipinski definition) is 2. The Morgan fingerprint density at radius 1 is 0.613 bits per heavy atom. The van der Waals surface area contributed by atoms with Gasteiger partial charge in [-0.3, -0.25) is 0 Å². The zero-order chi connectivity index (χ0) is 23.3. The highest BCUT2D eigenvalue weighted by Gasteiger charge is 2.19. The van der Waals surface area contributed by atoms with Crippen LogP contribution in [0.25, 0.3) is 0 Å². The topological polar surface area (TPSA) is 127 Å². The lowest BCUT2D eigenvalue weighted by Gasteiger charge is -2.10. The predicted octanol–water partition coefficient (Wildman–Crippen LogP) is 5.54. The van der Waals surface area contributed by atoms with Gasteiger partial charge in [-0.15, -0.1) is 0 Å². The lowest BCUT2D eigenvalue weighted by Crippen LogP contribution is -2.13. The molecule has 0 aliphatic heterocycles. The largest absolute Gasteiger partial charge is 0.478 e. The minimum Gasteiger partial charge on any atom is -0.478 e. The number of benzene rings is 2. The predicted molar refractivity (Wildman–Crippen MR) is 123 cm³/mol. The number of carbonyl (C=O) groups excluding carboxylic acids is 2. The standard InChI is InChI=1S/C19H12Br4O8/c20-12-6-10(14(22)4-8(12)16(24)25)18(28)30-2-1-3-31-19(29)11-7-13(21)9(17(26)27)5-15(11)23/h4-7H,1-3H2,(H,24,25)(H,26,27). The molecule has 12 heteroatoms. The van der Waals surface area contributed by atoms with E-state index in [0.29, 0.717) is 0 Å². The van der Waals surface area contributed by atoms with E-state index in [1.807, 2.05) is 0 Å². The van der Waals surface area contributed by atoms with Gasteiger partial charge in [0.05, 0.1) is 35.5 Å². The van der Waals surface area contributed by atoms with Crippen molar-refractivity contribution >= 4 is 87.6 Å². The van der Waals surface area contributed by atoms with Gasteiger partial charge in [0, 0.05) is 24.3 Å². The van der Waals surface area contributed by atoms with Crippen LogP contribution in [0, 0.1) is 0 Å². The molecule has 31 heavy (non-hydrogen) atoms. The molecule has 0 saturated heterocycles. The van der Waals surface area contributed by atoms with E-state index in [4.69, 9.17) is 19.7 Å². The summed E-state index contributed by atoms with van der Waals surface area (Å²) in [6, 6.07) is 5.25. The molecule has 0 radical (unpaired) electrons. The SMILES string of the molecule is O=C(O)c1cc(Br)c(C(=O)OCCCOC(=O)c2cc(Br)c(C(=O)O)cc2Br)cc1Br. The fraction of sp³-hybridized carbons (Fsp3) is 0.158. The van der Waals surface area contributed by atoms with Crippen LogP contribution in [0.5, 0.6) is 0 Å². The van der Waals surface area contributed by atoms with Crippen molar-refractivity contribution < 1.29 is 38.9 Å². The fourth-order valence-electron chi connectivity index (χ4n) is 2.28. The third-order valence-corrected chi connectivity index (χ3v) is 6.39. The Morgan fingerprint density at radius 3 is 1.23 bits per heavy atom. The molecule has 0 aromatic heterocycles. The highest BCUT2D eigenvalue weighted by atomic mass is 79.9. The second kappa shape index (κ2) is 11.2. The molecule has 0 bridgehead atoms. The summed E-state index contributed by atoms with van der Waals surface area (Å²) in [6.07, 6.45) is 0.218. The number of carboxylic acids is 2. The quantitative estimate of drug-likeness (QED) is 0.274. The molecule has 2 N–H and O–H groups in total. The molecular formula is C19H12Br4O8. The van der Waals surface area contributed by atoms with Crippen LogP contribution >= 0.6 is 63.7 Å². The maximum Gasteiger partial charge on any atom is 0.339 e. The third-order valence-electron chi connectivity index (χ3n) is 3.77. The van der Waals surface area contributed by atoms with Crippen LogP contribution in [-0.4, -0.2) is 47.3 Å². The number of carboxylic acid groups (broad SMARTS) is 2. The molecule has 2 aromatic rings. The highest BCUT2D eigenvalue weighted by Crippen LogP contribution is 2.28. The number of aromatic carboxylic acids is 2. The van der Waals surface area contributed by atoms with E-state index in [0.717, 1.165) is 0 Å². The summed E-state index contributed by atoms with van der Waals surface area (Å²) in [5, 5.41) is 18.2. The van der Waals surface area contributed by atoms with Crippen molar-refractivity contribution in [2.45, 2.75) is 6.42 Å². The van der Waals surface area contributed by atoms with Crippen LogP contribution in [-0.2, 0) is 9.47 Å². The zero-order valence-electron chi connectivity index (χ0n) is 15.3. The molecule has 0 fully saturated rings. The minimum atomic E-state index is -1.15. The molecular weight excluding hydrogens is 676 g/mol. The van der Waals surface area contributed by atoms with Crippen molar-refractivity contribution in [2.75, 3.05) is 13.2 Å². The average molecular weight is 688 g/mol. The second-order valence-corrected chi connectivity index (χ2v) is 9.28. The summed E-state index contributed by atoms with van der Waals surface area (Å²) in [5.41, 5.74) is 0.261. The van der Waals surface area contributed by atoms with E-state index < -0.39 is 23.9 Å². The Labute approximate surface area is 209 Å². The number of rotatable bonds is 8. The first-order valence-corrected chi connectivity index (χ1v) is 11.5. The van der Waals surface area contributed by atoms with Gasteiger partial charge in [0.25, 0.3) is 0 Å². The highest BCUT2D eigenvalue weighted by molar-refractivity contribution is 9.11. The first-order chi connectivity index (χ1) is 14.5. The van der Waals surface area contributed by atoms with Gasteiger partial charge in [-0.25, -0.2) is 19.2 Å². The average Bonchev–Trinajstić information content (AvgIpc) is 2.69. The molecule has 0 heterocycles. The second-order valence-electron chi connectivity index (χ2n) is 5.86. The van der Waals surface area contributed by atoms with Gasteiger partial charge in [0.15, 0.2) is 0 Å². The third kappa shape index (κ3) is 6.61. The summed E-state index contributed by atoms with van der Waals surface area (Å²) in [4.78, 5) is 46.6. The summed E-state index contributed by atoms with van der Waals surface area (Å²) >= 11 is 12.5. The van der Waals surface area contributed by atoms with E-state index in [9.17, 15) is 19.2 Å². The molecule has 2 aromatic carbocycles. The molecule has 0 aliphatic rings. The van der Waals surface area contributed by atoms with Gasteiger partial charge in [-0.1, -0.05) is 0 Å². The van der Waals surface area contributed by atoms with Crippen LogP contribution in [0.2, 0.25) is 0 Å². The molecule has 0 unspecified atom stereocenters. The van der Waals surface area contributed by atoms with Crippen molar-refractivity contribution in [1.29, 1.82) is 0 Å². The van der Waals surface area contributed by atoms with Crippen molar-refractivity contribution in [3.05, 3.63) is 64.4 Å². The number of ether oxygens (including phenoxy) is 2. The zero-order valence-corrected chi connectivity index (χ0v) is 21.6. The van der Waals surface area contributed by atoms with Gasteiger partial charge in [0.1, 0.15) is 0 Å². The van der Waals surface area contributed by atoms with Crippen molar-refractivity contribution in [1.82, 2.24) is 0 Å². The summed E-state index contributed by atoms with van der Waals surface area (Å²) in [6.45, 7) is -0.0840. The van der Waals surface area contributed by atoms with Gasteiger partial charge in [-0.2, -0.15) is 0 Å². The Balaban J connectivity index is 1.89. The Hall–Kier alpha value is -1.76.